The Balaban J connectivity index is 0.000000202. The third-order valence-electron chi connectivity index (χ3n) is 1.55. The van der Waals surface area contributed by atoms with E-state index in [1.54, 1.807) is 12.1 Å². The summed E-state index contributed by atoms with van der Waals surface area (Å²) in [5.74, 6) is 4.81. The van der Waals surface area contributed by atoms with Gasteiger partial charge in [0.25, 0.3) is 5.91 Å². The molecule has 1 amide bonds. The molecule has 17 heavy (non-hydrogen) atoms. The number of hydrazine groups is 1. The average Bonchev–Trinajstić information content (AvgIpc) is 2.41. The third kappa shape index (κ3) is 4.13. The summed E-state index contributed by atoms with van der Waals surface area (Å²) in [6.07, 6.45) is 4.45. The first-order chi connectivity index (χ1) is 8.25. The van der Waals surface area contributed by atoms with Gasteiger partial charge in [-0.15, -0.1) is 10.2 Å². The highest BCUT2D eigenvalue weighted by Crippen LogP contribution is 2.07. The Morgan fingerprint density at radius 2 is 1.82 bits per heavy atom. The highest BCUT2D eigenvalue weighted by molar-refractivity contribution is 5.97. The van der Waals surface area contributed by atoms with Gasteiger partial charge < -0.3 is 11.2 Å². The average molecular weight is 234 g/mol. The molecule has 0 bridgehead atoms. The van der Waals surface area contributed by atoms with E-state index < -0.39 is 5.91 Å². The van der Waals surface area contributed by atoms with Crippen LogP contribution in [0.4, 0.5) is 5.82 Å². The molecule has 0 spiro atoms. The Kier molecular flexibility index (Phi) is 4.91. The Bertz CT molecular complexity index is 435. The number of nitrogens with zero attached hydrogens (tertiary/aromatic N) is 5. The zero-order chi connectivity index (χ0) is 12.5. The predicted molar refractivity (Wildman–Crippen MR) is 58.2 cm³/mol. The Labute approximate surface area is 96.2 Å². The highest BCUT2D eigenvalue weighted by atomic mass is 16.1. The molecule has 0 aliphatic heterocycles. The Hall–Kier alpha value is -2.68. The maximum absolute atomic E-state index is 10.7. The second kappa shape index (κ2) is 6.74. The first-order valence-electron chi connectivity index (χ1n) is 4.42. The van der Waals surface area contributed by atoms with Crippen LogP contribution in [-0.2, 0) is 0 Å². The second-order valence-corrected chi connectivity index (χ2v) is 2.62. The van der Waals surface area contributed by atoms with E-state index in [0.717, 1.165) is 0 Å². The van der Waals surface area contributed by atoms with Gasteiger partial charge in [0.05, 0.1) is 18.0 Å². The molecule has 9 heteroatoms. The summed E-state index contributed by atoms with van der Waals surface area (Å²) >= 11 is 0. The number of pyridine rings is 1. The van der Waals surface area contributed by atoms with Crippen LogP contribution in [0.1, 0.15) is 10.4 Å². The van der Waals surface area contributed by atoms with E-state index in [9.17, 15) is 4.79 Å². The summed E-state index contributed by atoms with van der Waals surface area (Å²) in [6, 6.07) is 3.16. The molecule has 0 radical (unpaired) electrons. The minimum atomic E-state index is -0.550. The normalized spacial score (nSPS) is 8.76. The fraction of sp³-hybridized carbons (Fsp3) is 0. The van der Waals surface area contributed by atoms with Crippen molar-refractivity contribution in [2.24, 2.45) is 11.6 Å². The predicted octanol–water partition coefficient (Wildman–Crippen LogP) is -1.27. The van der Waals surface area contributed by atoms with Crippen molar-refractivity contribution in [2.45, 2.75) is 0 Å². The molecule has 9 nitrogen and oxygen atoms in total. The van der Waals surface area contributed by atoms with Gasteiger partial charge in [0.1, 0.15) is 0 Å². The van der Waals surface area contributed by atoms with Crippen molar-refractivity contribution in [2.75, 3.05) is 5.43 Å². The van der Waals surface area contributed by atoms with Crippen LogP contribution in [-0.4, -0.2) is 31.5 Å². The minimum absolute atomic E-state index is 0.287. The molecule has 88 valence electrons. The maximum Gasteiger partial charge on any atom is 0.252 e. The Morgan fingerprint density at radius 1 is 1.18 bits per heavy atom. The fourth-order valence-electron chi connectivity index (χ4n) is 0.885. The number of rotatable bonds is 2. The molecular weight excluding hydrogens is 224 g/mol. The van der Waals surface area contributed by atoms with Crippen LogP contribution in [0.5, 0.6) is 0 Å². The summed E-state index contributed by atoms with van der Waals surface area (Å²) in [6.45, 7) is 0. The van der Waals surface area contributed by atoms with Crippen molar-refractivity contribution >= 4 is 11.7 Å². The molecule has 0 unspecified atom stereocenters. The van der Waals surface area contributed by atoms with Gasteiger partial charge >= 0.3 is 0 Å². The van der Waals surface area contributed by atoms with E-state index in [1.165, 1.54) is 18.6 Å². The van der Waals surface area contributed by atoms with E-state index in [0.29, 0.717) is 5.82 Å². The standard InChI is InChI=1S/C6H8N4O.C2H2N4/c7-5(11)4-2-1-3-9-6(4)10-8;1-2-4-6-5-3-1/h1-3H,8H2,(H2,7,11)(H,9,10);1-2H. The van der Waals surface area contributed by atoms with Gasteiger partial charge in [0, 0.05) is 6.20 Å². The van der Waals surface area contributed by atoms with Crippen LogP contribution < -0.4 is 17.0 Å². The molecule has 0 aliphatic rings. The molecule has 0 fully saturated rings. The van der Waals surface area contributed by atoms with Gasteiger partial charge in [-0.1, -0.05) is 0 Å². The van der Waals surface area contributed by atoms with Crippen LogP contribution in [0.25, 0.3) is 0 Å². The van der Waals surface area contributed by atoms with E-state index >= 15 is 0 Å². The number of primary amides is 1. The number of nitrogens with one attached hydrogen (secondary N) is 1. The van der Waals surface area contributed by atoms with Crippen LogP contribution in [0.15, 0.2) is 30.7 Å². The van der Waals surface area contributed by atoms with Gasteiger partial charge in [0.15, 0.2) is 5.82 Å². The zero-order valence-electron chi connectivity index (χ0n) is 8.69. The number of carbonyl (C=O) groups is 1. The lowest BCUT2D eigenvalue weighted by atomic mass is 10.2. The first kappa shape index (κ1) is 12.4. The van der Waals surface area contributed by atoms with Gasteiger partial charge in [-0.25, -0.2) is 10.8 Å². The van der Waals surface area contributed by atoms with Gasteiger partial charge in [0.2, 0.25) is 0 Å². The SMILES string of the molecule is NNc1ncccc1C(N)=O.c1cnnnn1. The van der Waals surface area contributed by atoms with Crippen LogP contribution in [0.3, 0.4) is 0 Å². The van der Waals surface area contributed by atoms with E-state index in [-0.39, 0.29) is 5.56 Å². The van der Waals surface area contributed by atoms with Crippen molar-refractivity contribution in [1.82, 2.24) is 25.6 Å². The number of aromatic nitrogens is 5. The van der Waals surface area contributed by atoms with E-state index in [1.807, 2.05) is 0 Å². The number of carbonyl (C=O) groups excluding carboxylic acids is 1. The van der Waals surface area contributed by atoms with Gasteiger partial charge in [-0.05, 0) is 22.6 Å². The number of anilines is 1. The summed E-state index contributed by atoms with van der Waals surface area (Å²) in [5.41, 5.74) is 7.57. The molecule has 0 aromatic carbocycles. The second-order valence-electron chi connectivity index (χ2n) is 2.62. The quantitative estimate of drug-likeness (QED) is 0.430. The summed E-state index contributed by atoms with van der Waals surface area (Å²) in [4.78, 5) is 14.4. The van der Waals surface area contributed by atoms with Crippen molar-refractivity contribution in [3.8, 4) is 0 Å². The molecule has 5 N–H and O–H groups in total. The number of amides is 1. The van der Waals surface area contributed by atoms with Crippen molar-refractivity contribution in [3.63, 3.8) is 0 Å². The minimum Gasteiger partial charge on any atom is -0.365 e. The zero-order valence-corrected chi connectivity index (χ0v) is 8.69. The van der Waals surface area contributed by atoms with Crippen LogP contribution in [0.2, 0.25) is 0 Å². The molecule has 0 atom stereocenters. The first-order valence-corrected chi connectivity index (χ1v) is 4.42. The third-order valence-corrected chi connectivity index (χ3v) is 1.55. The number of nitrogens with two attached hydrogens (primary N) is 2. The molecule has 2 heterocycles. The largest absolute Gasteiger partial charge is 0.365 e. The fourth-order valence-corrected chi connectivity index (χ4v) is 0.885. The maximum atomic E-state index is 10.7. The summed E-state index contributed by atoms with van der Waals surface area (Å²) < 4.78 is 0. The molecule has 0 saturated carbocycles. The smallest absolute Gasteiger partial charge is 0.252 e. The van der Waals surface area contributed by atoms with E-state index in [2.05, 4.69) is 31.0 Å². The number of hydrogen-bond donors (Lipinski definition) is 3. The van der Waals surface area contributed by atoms with Gasteiger partial charge in [-0.3, -0.25) is 4.79 Å². The molecule has 0 saturated heterocycles. The van der Waals surface area contributed by atoms with Crippen LogP contribution >= 0.6 is 0 Å². The number of nitrogen functional groups attached to an aromatic ring is 1. The van der Waals surface area contributed by atoms with Gasteiger partial charge in [-0.2, -0.15) is 0 Å². The molecule has 0 aliphatic carbocycles. The summed E-state index contributed by atoms with van der Waals surface area (Å²) in [7, 11) is 0. The summed E-state index contributed by atoms with van der Waals surface area (Å²) in [5, 5.41) is 13.1. The molecule has 2 aromatic heterocycles. The van der Waals surface area contributed by atoms with Crippen molar-refractivity contribution in [3.05, 3.63) is 36.3 Å². The lowest BCUT2D eigenvalue weighted by Gasteiger charge is -2.01. The topological polar surface area (TPSA) is 146 Å². The van der Waals surface area contributed by atoms with Crippen LogP contribution in [0, 0.1) is 0 Å². The highest BCUT2D eigenvalue weighted by Gasteiger charge is 2.05. The Morgan fingerprint density at radius 3 is 2.18 bits per heavy atom. The monoisotopic (exact) mass is 234 g/mol. The number of hydrogen-bond acceptors (Lipinski definition) is 8. The lowest BCUT2D eigenvalue weighted by Crippen LogP contribution is -2.18. The molecule has 2 rings (SSSR count). The molecular formula is C8H10N8O. The molecule has 2 aromatic rings. The lowest BCUT2D eigenvalue weighted by molar-refractivity contribution is 0.100. The van der Waals surface area contributed by atoms with Crippen molar-refractivity contribution < 1.29 is 4.79 Å². The van der Waals surface area contributed by atoms with E-state index in [4.69, 9.17) is 11.6 Å². The van der Waals surface area contributed by atoms with Crippen molar-refractivity contribution in [1.29, 1.82) is 0 Å².